The Hall–Kier alpha value is -3.27. The summed E-state index contributed by atoms with van der Waals surface area (Å²) in [6.07, 6.45) is 0. The lowest BCUT2D eigenvalue weighted by Crippen LogP contribution is -2.08. The number of rotatable bonds is 4. The Balaban J connectivity index is 1.67. The van der Waals surface area contributed by atoms with Crippen LogP contribution >= 0.6 is 0 Å². The zero-order valence-corrected chi connectivity index (χ0v) is 13.2. The number of ether oxygens (including phenoxy) is 1. The van der Waals surface area contributed by atoms with Crippen LogP contribution in [0, 0.1) is 6.92 Å². The second-order valence-electron chi connectivity index (χ2n) is 5.29. The van der Waals surface area contributed by atoms with E-state index < -0.39 is 5.97 Å². The summed E-state index contributed by atoms with van der Waals surface area (Å²) in [5.41, 5.74) is 2.96. The smallest absolute Gasteiger partial charge is 0.343 e. The molecule has 4 heteroatoms. The van der Waals surface area contributed by atoms with Crippen LogP contribution in [0.1, 0.15) is 15.9 Å². The van der Waals surface area contributed by atoms with Gasteiger partial charge in [0.1, 0.15) is 5.75 Å². The van der Waals surface area contributed by atoms with Crippen molar-refractivity contribution in [1.82, 2.24) is 0 Å². The molecule has 0 saturated carbocycles. The molecule has 0 aliphatic heterocycles. The van der Waals surface area contributed by atoms with Gasteiger partial charge >= 0.3 is 5.97 Å². The molecular formula is C20H16N2O2. The zero-order chi connectivity index (χ0) is 16.8. The first-order valence-corrected chi connectivity index (χ1v) is 7.56. The number of hydrogen-bond donors (Lipinski definition) is 0. The SMILES string of the molecule is Cc1cccc(OC(=O)c2ccc(N=Nc3ccccc3)cc2)c1. The van der Waals surface area contributed by atoms with Gasteiger partial charge in [-0.3, -0.25) is 0 Å². The maximum absolute atomic E-state index is 12.1. The van der Waals surface area contributed by atoms with Gasteiger partial charge in [0.05, 0.1) is 16.9 Å². The zero-order valence-electron chi connectivity index (χ0n) is 13.2. The molecule has 0 heterocycles. The Morgan fingerprint density at radius 1 is 0.792 bits per heavy atom. The lowest BCUT2D eigenvalue weighted by atomic mass is 10.2. The minimum Gasteiger partial charge on any atom is -0.423 e. The van der Waals surface area contributed by atoms with Crippen LogP contribution in [-0.2, 0) is 0 Å². The summed E-state index contributed by atoms with van der Waals surface area (Å²) in [5, 5.41) is 8.28. The molecule has 3 aromatic carbocycles. The van der Waals surface area contributed by atoms with Crippen molar-refractivity contribution in [3.63, 3.8) is 0 Å². The second kappa shape index (κ2) is 7.33. The summed E-state index contributed by atoms with van der Waals surface area (Å²) >= 11 is 0. The van der Waals surface area contributed by atoms with Crippen LogP contribution in [0.15, 0.2) is 89.1 Å². The van der Waals surface area contributed by atoms with Gasteiger partial charge in [-0.25, -0.2) is 4.79 Å². The molecule has 0 fully saturated rings. The van der Waals surface area contributed by atoms with Gasteiger partial charge in [-0.2, -0.15) is 10.2 Å². The number of hydrogen-bond acceptors (Lipinski definition) is 4. The highest BCUT2D eigenvalue weighted by Crippen LogP contribution is 2.19. The van der Waals surface area contributed by atoms with E-state index in [0.717, 1.165) is 11.3 Å². The number of carbonyl (C=O) groups excluding carboxylic acids is 1. The number of nitrogens with zero attached hydrogens (tertiary/aromatic N) is 2. The maximum Gasteiger partial charge on any atom is 0.343 e. The molecule has 3 aromatic rings. The molecule has 118 valence electrons. The van der Waals surface area contributed by atoms with E-state index in [0.29, 0.717) is 17.0 Å². The number of benzene rings is 3. The Bertz CT molecular complexity index is 856. The molecule has 0 aliphatic carbocycles. The minimum absolute atomic E-state index is 0.396. The molecule has 0 amide bonds. The van der Waals surface area contributed by atoms with E-state index in [-0.39, 0.29) is 0 Å². The third-order valence-corrected chi connectivity index (χ3v) is 3.34. The first-order valence-electron chi connectivity index (χ1n) is 7.56. The molecule has 0 aliphatic rings. The summed E-state index contributed by atoms with van der Waals surface area (Å²) in [6, 6.07) is 23.7. The second-order valence-corrected chi connectivity index (χ2v) is 5.29. The van der Waals surface area contributed by atoms with Crippen molar-refractivity contribution in [2.45, 2.75) is 6.92 Å². The van der Waals surface area contributed by atoms with Crippen molar-refractivity contribution in [2.24, 2.45) is 10.2 Å². The Morgan fingerprint density at radius 3 is 2.12 bits per heavy atom. The molecule has 24 heavy (non-hydrogen) atoms. The van der Waals surface area contributed by atoms with Crippen molar-refractivity contribution < 1.29 is 9.53 Å². The summed E-state index contributed by atoms with van der Waals surface area (Å²) in [5.74, 6) is 0.139. The lowest BCUT2D eigenvalue weighted by molar-refractivity contribution is 0.0735. The van der Waals surface area contributed by atoms with Crippen LogP contribution in [-0.4, -0.2) is 5.97 Å². The Morgan fingerprint density at radius 2 is 1.46 bits per heavy atom. The van der Waals surface area contributed by atoms with Crippen molar-refractivity contribution in [1.29, 1.82) is 0 Å². The van der Waals surface area contributed by atoms with Crippen molar-refractivity contribution in [3.8, 4) is 5.75 Å². The van der Waals surface area contributed by atoms with E-state index in [2.05, 4.69) is 10.2 Å². The average molecular weight is 316 g/mol. The summed E-state index contributed by atoms with van der Waals surface area (Å²) in [7, 11) is 0. The Kier molecular flexibility index (Phi) is 4.77. The number of esters is 1. The van der Waals surface area contributed by atoms with Gasteiger partial charge in [0.15, 0.2) is 0 Å². The predicted octanol–water partition coefficient (Wildman–Crippen LogP) is 5.63. The summed E-state index contributed by atoms with van der Waals surface area (Å²) in [4.78, 5) is 12.1. The fourth-order valence-corrected chi connectivity index (χ4v) is 2.12. The molecule has 0 spiro atoms. The normalized spacial score (nSPS) is 10.7. The molecule has 4 nitrogen and oxygen atoms in total. The van der Waals surface area contributed by atoms with E-state index in [1.807, 2.05) is 55.5 Å². The number of aryl methyl sites for hydroxylation is 1. The fourth-order valence-electron chi connectivity index (χ4n) is 2.12. The monoisotopic (exact) mass is 316 g/mol. The van der Waals surface area contributed by atoms with E-state index in [9.17, 15) is 4.79 Å². The first-order chi connectivity index (χ1) is 11.7. The van der Waals surface area contributed by atoms with Gasteiger partial charge in [0.2, 0.25) is 0 Å². The van der Waals surface area contributed by atoms with E-state index in [1.165, 1.54) is 0 Å². The standard InChI is InChI=1S/C20H16N2O2/c1-15-6-5-9-19(14-15)24-20(23)16-10-12-18(13-11-16)22-21-17-7-3-2-4-8-17/h2-14H,1H3. The molecule has 0 unspecified atom stereocenters. The van der Waals surface area contributed by atoms with Crippen LogP contribution in [0.2, 0.25) is 0 Å². The van der Waals surface area contributed by atoms with Gasteiger partial charge < -0.3 is 4.74 Å². The molecule has 0 saturated heterocycles. The molecule has 3 rings (SSSR count). The van der Waals surface area contributed by atoms with Crippen LogP contribution in [0.5, 0.6) is 5.75 Å². The molecule has 0 atom stereocenters. The van der Waals surface area contributed by atoms with Crippen molar-refractivity contribution >= 4 is 17.3 Å². The van der Waals surface area contributed by atoms with Crippen molar-refractivity contribution in [3.05, 3.63) is 90.0 Å². The highest BCUT2D eigenvalue weighted by atomic mass is 16.5. The maximum atomic E-state index is 12.1. The summed E-state index contributed by atoms with van der Waals surface area (Å²) in [6.45, 7) is 1.95. The quantitative estimate of drug-likeness (QED) is 0.356. The third-order valence-electron chi connectivity index (χ3n) is 3.34. The van der Waals surface area contributed by atoms with E-state index in [1.54, 1.807) is 30.3 Å². The molecular weight excluding hydrogens is 300 g/mol. The van der Waals surface area contributed by atoms with Crippen LogP contribution in [0.3, 0.4) is 0 Å². The topological polar surface area (TPSA) is 51.0 Å². The fraction of sp³-hybridized carbons (Fsp3) is 0.0500. The highest BCUT2D eigenvalue weighted by Gasteiger charge is 2.08. The highest BCUT2D eigenvalue weighted by molar-refractivity contribution is 5.91. The van der Waals surface area contributed by atoms with Crippen molar-refractivity contribution in [2.75, 3.05) is 0 Å². The lowest BCUT2D eigenvalue weighted by Gasteiger charge is -2.05. The molecule has 0 radical (unpaired) electrons. The number of carbonyl (C=O) groups is 1. The van der Waals surface area contributed by atoms with Crippen LogP contribution in [0.4, 0.5) is 11.4 Å². The van der Waals surface area contributed by atoms with Gasteiger partial charge in [-0.15, -0.1) is 0 Å². The van der Waals surface area contributed by atoms with Crippen LogP contribution in [0.25, 0.3) is 0 Å². The largest absolute Gasteiger partial charge is 0.423 e. The van der Waals surface area contributed by atoms with Gasteiger partial charge in [0.25, 0.3) is 0 Å². The summed E-state index contributed by atoms with van der Waals surface area (Å²) < 4.78 is 5.36. The molecule has 0 bridgehead atoms. The van der Waals surface area contributed by atoms with Gasteiger partial charge in [0, 0.05) is 0 Å². The predicted molar refractivity (Wildman–Crippen MR) is 93.2 cm³/mol. The molecule has 0 N–H and O–H groups in total. The average Bonchev–Trinajstić information content (AvgIpc) is 2.61. The van der Waals surface area contributed by atoms with Gasteiger partial charge in [-0.05, 0) is 61.0 Å². The Labute approximate surface area is 140 Å². The van der Waals surface area contributed by atoms with Crippen LogP contribution < -0.4 is 4.74 Å². The van der Waals surface area contributed by atoms with E-state index >= 15 is 0 Å². The molecule has 0 aromatic heterocycles. The minimum atomic E-state index is -0.396. The third kappa shape index (κ3) is 4.14. The first kappa shape index (κ1) is 15.6. The van der Waals surface area contributed by atoms with Gasteiger partial charge in [-0.1, -0.05) is 30.3 Å². The van der Waals surface area contributed by atoms with E-state index in [4.69, 9.17) is 4.74 Å². The number of azo groups is 1.